The Balaban J connectivity index is 2.22. The molecule has 0 aliphatic carbocycles. The number of hydrogen-bond donors (Lipinski definition) is 2. The summed E-state index contributed by atoms with van der Waals surface area (Å²) in [5, 5.41) is 12.4. The lowest BCUT2D eigenvalue weighted by Gasteiger charge is -2.25. The van der Waals surface area contributed by atoms with Crippen LogP contribution in [-0.2, 0) is 17.7 Å². The van der Waals surface area contributed by atoms with Gasteiger partial charge in [-0.3, -0.25) is 4.79 Å². The van der Waals surface area contributed by atoms with Crippen molar-refractivity contribution in [3.05, 3.63) is 34.9 Å². The quantitative estimate of drug-likeness (QED) is 0.791. The molecule has 0 spiro atoms. The first kappa shape index (κ1) is 15.0. The molecule has 2 N–H and O–H groups in total. The Hall–Kier alpha value is -1.43. The predicted molar refractivity (Wildman–Crippen MR) is 76.7 cm³/mol. The summed E-state index contributed by atoms with van der Waals surface area (Å²) in [4.78, 5) is 14.3. The van der Waals surface area contributed by atoms with Crippen molar-refractivity contribution in [3.63, 3.8) is 0 Å². The molecule has 1 amide bonds. The van der Waals surface area contributed by atoms with Crippen LogP contribution in [0.3, 0.4) is 0 Å². The van der Waals surface area contributed by atoms with Crippen LogP contribution in [0, 0.1) is 0 Å². The molecule has 0 bridgehead atoms. The second-order valence-electron chi connectivity index (χ2n) is 4.88. The lowest BCUT2D eigenvalue weighted by atomic mass is 9.95. The number of carbonyl (C=O) groups excluding carboxylic acids is 1. The van der Waals surface area contributed by atoms with Gasteiger partial charge in [-0.05, 0) is 30.2 Å². The third kappa shape index (κ3) is 3.36. The molecule has 0 fully saturated rings. The molecule has 1 aliphatic rings. The van der Waals surface area contributed by atoms with E-state index in [2.05, 4.69) is 11.4 Å². The van der Waals surface area contributed by atoms with Crippen molar-refractivity contribution in [2.45, 2.75) is 13.0 Å². The number of methoxy groups -OCH3 is 1. The first-order valence-corrected chi connectivity index (χ1v) is 6.98. The number of nitrogens with one attached hydrogen (secondary N) is 1. The normalized spacial score (nSPS) is 13.9. The monoisotopic (exact) mass is 278 g/mol. The van der Waals surface area contributed by atoms with Crippen LogP contribution in [0.15, 0.2) is 18.2 Å². The average Bonchev–Trinajstić information content (AvgIpc) is 2.50. The highest BCUT2D eigenvalue weighted by molar-refractivity contribution is 5.96. The number of rotatable bonds is 6. The summed E-state index contributed by atoms with van der Waals surface area (Å²) in [6, 6.07) is 5.86. The molecule has 0 aromatic heterocycles. The summed E-state index contributed by atoms with van der Waals surface area (Å²) in [6.45, 7) is 2.99. The SMILES string of the molecule is COCCN(CCO)C(=O)c1cccc2c1CCNC2. The van der Waals surface area contributed by atoms with E-state index in [1.165, 1.54) is 5.56 Å². The number of carbonyl (C=O) groups is 1. The topological polar surface area (TPSA) is 61.8 Å². The number of aliphatic hydroxyl groups is 1. The first-order chi connectivity index (χ1) is 9.77. The first-order valence-electron chi connectivity index (χ1n) is 6.98. The Bertz CT molecular complexity index is 462. The van der Waals surface area contributed by atoms with Crippen molar-refractivity contribution in [2.24, 2.45) is 0 Å². The summed E-state index contributed by atoms with van der Waals surface area (Å²) in [6.07, 6.45) is 0.870. The predicted octanol–water partition coefficient (Wildman–Crippen LogP) is 0.413. The molecule has 1 aromatic carbocycles. The zero-order chi connectivity index (χ0) is 14.4. The fourth-order valence-electron chi connectivity index (χ4n) is 2.54. The van der Waals surface area contributed by atoms with Gasteiger partial charge in [0.1, 0.15) is 0 Å². The minimum atomic E-state index is -0.0357. The van der Waals surface area contributed by atoms with Crippen LogP contribution in [0.2, 0.25) is 0 Å². The fourth-order valence-corrected chi connectivity index (χ4v) is 2.54. The van der Waals surface area contributed by atoms with Gasteiger partial charge < -0.3 is 20.1 Å². The molecule has 0 unspecified atom stereocenters. The zero-order valence-electron chi connectivity index (χ0n) is 11.9. The van der Waals surface area contributed by atoms with E-state index in [0.29, 0.717) is 19.7 Å². The maximum Gasteiger partial charge on any atom is 0.254 e. The Morgan fingerprint density at radius 1 is 1.45 bits per heavy atom. The van der Waals surface area contributed by atoms with Gasteiger partial charge in [-0.15, -0.1) is 0 Å². The van der Waals surface area contributed by atoms with E-state index in [4.69, 9.17) is 9.84 Å². The number of hydrogen-bond acceptors (Lipinski definition) is 4. The number of benzene rings is 1. The number of fused-ring (bicyclic) bond motifs is 1. The molecule has 5 nitrogen and oxygen atoms in total. The highest BCUT2D eigenvalue weighted by Crippen LogP contribution is 2.20. The Morgan fingerprint density at radius 2 is 2.30 bits per heavy atom. The van der Waals surface area contributed by atoms with Crippen LogP contribution < -0.4 is 5.32 Å². The van der Waals surface area contributed by atoms with Gasteiger partial charge in [-0.2, -0.15) is 0 Å². The molecular formula is C15H22N2O3. The summed E-state index contributed by atoms with van der Waals surface area (Å²) >= 11 is 0. The summed E-state index contributed by atoms with van der Waals surface area (Å²) < 4.78 is 5.03. The van der Waals surface area contributed by atoms with E-state index in [1.807, 2.05) is 12.1 Å². The largest absolute Gasteiger partial charge is 0.395 e. The van der Waals surface area contributed by atoms with Crippen molar-refractivity contribution < 1.29 is 14.6 Å². The highest BCUT2D eigenvalue weighted by atomic mass is 16.5. The molecule has 110 valence electrons. The number of nitrogens with zero attached hydrogens (tertiary/aromatic N) is 1. The van der Waals surface area contributed by atoms with Crippen LogP contribution in [-0.4, -0.2) is 55.9 Å². The molecule has 1 aliphatic heterocycles. The molecule has 2 rings (SSSR count). The van der Waals surface area contributed by atoms with Crippen LogP contribution in [0.5, 0.6) is 0 Å². The van der Waals surface area contributed by atoms with E-state index in [-0.39, 0.29) is 12.5 Å². The molecule has 5 heteroatoms. The molecule has 0 saturated heterocycles. The van der Waals surface area contributed by atoms with E-state index >= 15 is 0 Å². The van der Waals surface area contributed by atoms with Crippen molar-refractivity contribution >= 4 is 5.91 Å². The van der Waals surface area contributed by atoms with Gasteiger partial charge in [0, 0.05) is 32.3 Å². The third-order valence-electron chi connectivity index (χ3n) is 3.59. The van der Waals surface area contributed by atoms with E-state index in [9.17, 15) is 4.79 Å². The Labute approximate surface area is 119 Å². The van der Waals surface area contributed by atoms with Crippen LogP contribution in [0.4, 0.5) is 0 Å². The number of ether oxygens (including phenoxy) is 1. The maximum atomic E-state index is 12.7. The van der Waals surface area contributed by atoms with Crippen LogP contribution in [0.25, 0.3) is 0 Å². The van der Waals surface area contributed by atoms with Crippen LogP contribution >= 0.6 is 0 Å². The molecular weight excluding hydrogens is 256 g/mol. The number of amides is 1. The highest BCUT2D eigenvalue weighted by Gasteiger charge is 2.21. The van der Waals surface area contributed by atoms with Crippen LogP contribution in [0.1, 0.15) is 21.5 Å². The van der Waals surface area contributed by atoms with E-state index in [1.54, 1.807) is 12.0 Å². The average molecular weight is 278 g/mol. The molecule has 20 heavy (non-hydrogen) atoms. The van der Waals surface area contributed by atoms with E-state index in [0.717, 1.165) is 30.6 Å². The van der Waals surface area contributed by atoms with Gasteiger partial charge >= 0.3 is 0 Å². The third-order valence-corrected chi connectivity index (χ3v) is 3.59. The van der Waals surface area contributed by atoms with Gasteiger partial charge in [0.25, 0.3) is 5.91 Å². The fraction of sp³-hybridized carbons (Fsp3) is 0.533. The number of aliphatic hydroxyl groups excluding tert-OH is 1. The Morgan fingerprint density at radius 3 is 3.05 bits per heavy atom. The smallest absolute Gasteiger partial charge is 0.254 e. The lowest BCUT2D eigenvalue weighted by Crippen LogP contribution is -2.37. The second-order valence-corrected chi connectivity index (χ2v) is 4.88. The van der Waals surface area contributed by atoms with Crippen molar-refractivity contribution in [1.29, 1.82) is 0 Å². The standard InChI is InChI=1S/C15H22N2O3/c1-20-10-8-17(7-9-18)15(19)14-4-2-3-12-11-16-6-5-13(12)14/h2-4,16,18H,5-11H2,1H3. The molecule has 0 saturated carbocycles. The van der Waals surface area contributed by atoms with Crippen molar-refractivity contribution in [1.82, 2.24) is 10.2 Å². The summed E-state index contributed by atoms with van der Waals surface area (Å²) in [5.74, 6) is -0.0187. The summed E-state index contributed by atoms with van der Waals surface area (Å²) in [7, 11) is 1.61. The molecule has 0 radical (unpaired) electrons. The van der Waals surface area contributed by atoms with E-state index < -0.39 is 0 Å². The Kier molecular flexibility index (Phi) is 5.52. The molecule has 0 atom stereocenters. The maximum absolute atomic E-state index is 12.7. The van der Waals surface area contributed by atoms with Gasteiger partial charge in [0.05, 0.1) is 13.2 Å². The van der Waals surface area contributed by atoms with Gasteiger partial charge in [0.15, 0.2) is 0 Å². The van der Waals surface area contributed by atoms with Crippen molar-refractivity contribution in [3.8, 4) is 0 Å². The minimum absolute atomic E-state index is 0.0187. The van der Waals surface area contributed by atoms with Gasteiger partial charge in [-0.1, -0.05) is 12.1 Å². The second kappa shape index (κ2) is 7.38. The summed E-state index contributed by atoms with van der Waals surface area (Å²) in [5.41, 5.74) is 3.09. The zero-order valence-corrected chi connectivity index (χ0v) is 11.9. The van der Waals surface area contributed by atoms with Crippen molar-refractivity contribution in [2.75, 3.05) is 40.0 Å². The minimum Gasteiger partial charge on any atom is -0.395 e. The molecule has 1 heterocycles. The van der Waals surface area contributed by atoms with Gasteiger partial charge in [0.2, 0.25) is 0 Å². The van der Waals surface area contributed by atoms with Gasteiger partial charge in [-0.25, -0.2) is 0 Å². The lowest BCUT2D eigenvalue weighted by molar-refractivity contribution is 0.0655. The molecule has 1 aromatic rings.